The highest BCUT2D eigenvalue weighted by Crippen LogP contribution is 2.18. The van der Waals surface area contributed by atoms with E-state index in [0.717, 1.165) is 0 Å². The van der Waals surface area contributed by atoms with Crippen LogP contribution in [0.3, 0.4) is 0 Å². The van der Waals surface area contributed by atoms with Crippen molar-refractivity contribution in [2.24, 2.45) is 0 Å². The summed E-state index contributed by atoms with van der Waals surface area (Å²) in [5, 5.41) is 13.1. The maximum Gasteiger partial charge on any atom is 0.187 e. The molecule has 0 fully saturated rings. The number of hydrogen-bond acceptors (Lipinski definition) is 5. The molecule has 0 amide bonds. The van der Waals surface area contributed by atoms with Crippen LogP contribution >= 0.6 is 11.8 Å². The fourth-order valence-corrected chi connectivity index (χ4v) is 2.15. The Hall–Kier alpha value is -1.12. The molecule has 0 aliphatic heterocycles. The van der Waals surface area contributed by atoms with Crippen molar-refractivity contribution in [3.8, 4) is 6.07 Å². The predicted molar refractivity (Wildman–Crippen MR) is 65.0 cm³/mol. The van der Waals surface area contributed by atoms with Gasteiger partial charge in [-0.2, -0.15) is 5.26 Å². The minimum atomic E-state index is -0.544. The Balaban J connectivity index is 2.56. The molecular formula is C11H16N4S. The Labute approximate surface area is 100 Å². The summed E-state index contributed by atoms with van der Waals surface area (Å²) in [6.07, 6.45) is 3.41. The first kappa shape index (κ1) is 12.9. The molecule has 4 nitrogen and oxygen atoms in total. The average Bonchev–Trinajstić information content (AvgIpc) is 2.27. The molecule has 16 heavy (non-hydrogen) atoms. The second-order valence-corrected chi connectivity index (χ2v) is 5.01. The summed E-state index contributed by atoms with van der Waals surface area (Å²) in [5.41, 5.74) is -0.544. The van der Waals surface area contributed by atoms with Crippen LogP contribution in [-0.4, -0.2) is 27.3 Å². The Kier molecular flexibility index (Phi) is 4.71. The van der Waals surface area contributed by atoms with Gasteiger partial charge in [0.05, 0.1) is 6.07 Å². The van der Waals surface area contributed by atoms with Gasteiger partial charge in [0.2, 0.25) is 0 Å². The molecule has 0 radical (unpaired) electrons. The summed E-state index contributed by atoms with van der Waals surface area (Å²) in [6.45, 7) is 5.95. The Bertz CT molecular complexity index is 360. The van der Waals surface area contributed by atoms with Crippen LogP contribution in [0, 0.1) is 11.3 Å². The molecule has 0 aromatic carbocycles. The zero-order valence-electron chi connectivity index (χ0n) is 9.77. The minimum Gasteiger partial charge on any atom is -0.297 e. The topological polar surface area (TPSA) is 61.6 Å². The van der Waals surface area contributed by atoms with E-state index < -0.39 is 5.54 Å². The third-order valence-electron chi connectivity index (χ3n) is 1.89. The fraction of sp³-hybridized carbons (Fsp3) is 0.545. The standard InChI is InChI=1S/C11H16N4S/c1-9(2)15-11(3,7-12)8-16-10-13-5-4-6-14-10/h4-6,9,15H,8H2,1-3H3. The van der Waals surface area contributed by atoms with Crippen molar-refractivity contribution in [1.29, 1.82) is 5.26 Å². The van der Waals surface area contributed by atoms with Crippen molar-refractivity contribution in [2.75, 3.05) is 5.75 Å². The Morgan fingerprint density at radius 3 is 2.62 bits per heavy atom. The van der Waals surface area contributed by atoms with Crippen LogP contribution in [0.15, 0.2) is 23.6 Å². The summed E-state index contributed by atoms with van der Waals surface area (Å²) >= 11 is 1.49. The molecule has 1 unspecified atom stereocenters. The molecule has 0 aliphatic carbocycles. The molecule has 1 N–H and O–H groups in total. The number of thioether (sulfide) groups is 1. The van der Waals surface area contributed by atoms with Crippen molar-refractivity contribution in [2.45, 2.75) is 37.5 Å². The smallest absolute Gasteiger partial charge is 0.187 e. The van der Waals surface area contributed by atoms with Crippen molar-refractivity contribution >= 4 is 11.8 Å². The van der Waals surface area contributed by atoms with Crippen LogP contribution in [0.4, 0.5) is 0 Å². The van der Waals surface area contributed by atoms with E-state index in [9.17, 15) is 0 Å². The van der Waals surface area contributed by atoms with Gasteiger partial charge in [0.1, 0.15) is 5.54 Å². The van der Waals surface area contributed by atoms with Gasteiger partial charge >= 0.3 is 0 Å². The van der Waals surface area contributed by atoms with Crippen molar-refractivity contribution in [3.05, 3.63) is 18.5 Å². The third-order valence-corrected chi connectivity index (χ3v) is 3.08. The number of hydrogen-bond donors (Lipinski definition) is 1. The molecular weight excluding hydrogens is 220 g/mol. The van der Waals surface area contributed by atoms with Crippen molar-refractivity contribution in [3.63, 3.8) is 0 Å². The molecule has 1 aromatic rings. The van der Waals surface area contributed by atoms with Gasteiger partial charge in [0, 0.05) is 24.2 Å². The van der Waals surface area contributed by atoms with Crippen LogP contribution in [0.5, 0.6) is 0 Å². The molecule has 0 saturated carbocycles. The molecule has 1 rings (SSSR count). The van der Waals surface area contributed by atoms with Gasteiger partial charge in [-0.05, 0) is 26.8 Å². The Morgan fingerprint density at radius 1 is 1.50 bits per heavy atom. The second kappa shape index (κ2) is 5.83. The van der Waals surface area contributed by atoms with Gasteiger partial charge in [-0.25, -0.2) is 9.97 Å². The summed E-state index contributed by atoms with van der Waals surface area (Å²) in [6, 6.07) is 4.35. The average molecular weight is 236 g/mol. The third kappa shape index (κ3) is 4.17. The van der Waals surface area contributed by atoms with Crippen LogP contribution < -0.4 is 5.32 Å². The fourth-order valence-electron chi connectivity index (χ4n) is 1.31. The van der Waals surface area contributed by atoms with Crippen LogP contribution in [0.2, 0.25) is 0 Å². The van der Waals surface area contributed by atoms with Gasteiger partial charge in [-0.15, -0.1) is 0 Å². The summed E-state index contributed by atoms with van der Waals surface area (Å²) < 4.78 is 0. The maximum absolute atomic E-state index is 9.15. The quantitative estimate of drug-likeness (QED) is 0.624. The summed E-state index contributed by atoms with van der Waals surface area (Å²) in [5.74, 6) is 0.631. The molecule has 5 heteroatoms. The lowest BCUT2D eigenvalue weighted by atomic mass is 10.1. The van der Waals surface area contributed by atoms with E-state index in [2.05, 4.69) is 21.4 Å². The molecule has 1 aromatic heterocycles. The summed E-state index contributed by atoms with van der Waals surface area (Å²) in [7, 11) is 0. The number of nitrogens with zero attached hydrogens (tertiary/aromatic N) is 3. The molecule has 86 valence electrons. The lowest BCUT2D eigenvalue weighted by Gasteiger charge is -2.24. The van der Waals surface area contributed by atoms with E-state index in [1.807, 2.05) is 20.8 Å². The lowest BCUT2D eigenvalue weighted by molar-refractivity contribution is 0.443. The molecule has 0 saturated heterocycles. The zero-order valence-corrected chi connectivity index (χ0v) is 10.6. The van der Waals surface area contributed by atoms with Gasteiger partial charge in [0.15, 0.2) is 5.16 Å². The number of nitriles is 1. The monoisotopic (exact) mass is 236 g/mol. The van der Waals surface area contributed by atoms with Gasteiger partial charge < -0.3 is 0 Å². The molecule has 1 heterocycles. The number of rotatable bonds is 5. The van der Waals surface area contributed by atoms with Crippen molar-refractivity contribution < 1.29 is 0 Å². The van der Waals surface area contributed by atoms with Crippen LogP contribution in [-0.2, 0) is 0 Å². The maximum atomic E-state index is 9.15. The van der Waals surface area contributed by atoms with E-state index in [1.54, 1.807) is 18.5 Å². The SMILES string of the molecule is CC(C)NC(C)(C#N)CSc1ncccn1. The largest absolute Gasteiger partial charge is 0.297 e. The first-order chi connectivity index (χ1) is 7.56. The first-order valence-electron chi connectivity index (χ1n) is 5.14. The second-order valence-electron chi connectivity index (χ2n) is 4.06. The predicted octanol–water partition coefficient (Wildman–Crippen LogP) is 1.85. The highest BCUT2D eigenvalue weighted by atomic mass is 32.2. The van der Waals surface area contributed by atoms with Gasteiger partial charge in [-0.1, -0.05) is 11.8 Å². The van der Waals surface area contributed by atoms with E-state index in [-0.39, 0.29) is 6.04 Å². The van der Waals surface area contributed by atoms with Crippen LogP contribution in [0.25, 0.3) is 0 Å². The van der Waals surface area contributed by atoms with Gasteiger partial charge in [-0.3, -0.25) is 5.32 Å². The first-order valence-corrected chi connectivity index (χ1v) is 6.13. The molecule has 1 atom stereocenters. The molecule has 0 bridgehead atoms. The summed E-state index contributed by atoms with van der Waals surface area (Å²) in [4.78, 5) is 8.22. The zero-order chi connectivity index (χ0) is 12.0. The highest BCUT2D eigenvalue weighted by Gasteiger charge is 2.24. The van der Waals surface area contributed by atoms with Crippen molar-refractivity contribution in [1.82, 2.24) is 15.3 Å². The normalized spacial score (nSPS) is 14.4. The number of nitrogens with one attached hydrogen (secondary N) is 1. The van der Waals surface area contributed by atoms with E-state index in [1.165, 1.54) is 11.8 Å². The minimum absolute atomic E-state index is 0.280. The molecule has 0 aliphatic rings. The van der Waals surface area contributed by atoms with Crippen LogP contribution in [0.1, 0.15) is 20.8 Å². The Morgan fingerprint density at radius 2 is 2.12 bits per heavy atom. The molecule has 0 spiro atoms. The lowest BCUT2D eigenvalue weighted by Crippen LogP contribution is -2.47. The van der Waals surface area contributed by atoms with E-state index in [4.69, 9.17) is 5.26 Å². The highest BCUT2D eigenvalue weighted by molar-refractivity contribution is 7.99. The number of aromatic nitrogens is 2. The van der Waals surface area contributed by atoms with E-state index >= 15 is 0 Å². The van der Waals surface area contributed by atoms with Gasteiger partial charge in [0.25, 0.3) is 0 Å². The van der Waals surface area contributed by atoms with E-state index in [0.29, 0.717) is 10.9 Å².